The molecule has 1 heterocycles. The monoisotopic (exact) mass is 300 g/mol. The van der Waals surface area contributed by atoms with Gasteiger partial charge < -0.3 is 20.1 Å². The molecule has 1 aliphatic heterocycles. The third-order valence-electron chi connectivity index (χ3n) is 3.86. The highest BCUT2D eigenvalue weighted by molar-refractivity contribution is 5.68. The zero-order chi connectivity index (χ0) is 16.0. The second kappa shape index (κ2) is 7.99. The Labute approximate surface area is 129 Å². The summed E-state index contributed by atoms with van der Waals surface area (Å²) >= 11 is 0. The van der Waals surface area contributed by atoms with Gasteiger partial charge in [0, 0.05) is 25.2 Å². The molecule has 2 N–H and O–H groups in total. The number of nitrogens with one attached hydrogen (secondary N) is 1. The topological polar surface area (TPSA) is 61.8 Å². The van der Waals surface area contributed by atoms with Crippen molar-refractivity contribution in [2.45, 2.75) is 84.0 Å². The standard InChI is InChI=1S/C16H32N2O3/c1-12(9-11-19)17-13(2)14-8-6-7-10-18(14)15(20)21-16(3,4)5/h12-14,17,19H,6-11H2,1-5H3. The molecule has 1 fully saturated rings. The molecule has 3 unspecified atom stereocenters. The van der Waals surface area contributed by atoms with Crippen molar-refractivity contribution < 1.29 is 14.6 Å². The molecule has 1 amide bonds. The van der Waals surface area contributed by atoms with Gasteiger partial charge in [-0.2, -0.15) is 0 Å². The van der Waals surface area contributed by atoms with E-state index in [0.717, 1.165) is 32.2 Å². The van der Waals surface area contributed by atoms with Gasteiger partial charge in [0.1, 0.15) is 5.60 Å². The number of amides is 1. The number of hydrogen-bond acceptors (Lipinski definition) is 4. The lowest BCUT2D eigenvalue weighted by Crippen LogP contribution is -2.55. The number of carbonyl (C=O) groups excluding carboxylic acids is 1. The van der Waals surface area contributed by atoms with Gasteiger partial charge in [-0.05, 0) is 60.3 Å². The quantitative estimate of drug-likeness (QED) is 0.819. The fourth-order valence-electron chi connectivity index (χ4n) is 2.86. The number of carbonyl (C=O) groups is 1. The lowest BCUT2D eigenvalue weighted by Gasteiger charge is -2.40. The second-order valence-corrected chi connectivity index (χ2v) is 7.11. The van der Waals surface area contributed by atoms with Crippen molar-refractivity contribution in [1.82, 2.24) is 10.2 Å². The van der Waals surface area contributed by atoms with Crippen molar-refractivity contribution in [3.05, 3.63) is 0 Å². The smallest absolute Gasteiger partial charge is 0.410 e. The van der Waals surface area contributed by atoms with Crippen molar-refractivity contribution in [3.8, 4) is 0 Å². The average molecular weight is 300 g/mol. The molecule has 0 bridgehead atoms. The van der Waals surface area contributed by atoms with Crippen LogP contribution >= 0.6 is 0 Å². The van der Waals surface area contributed by atoms with Crippen LogP contribution < -0.4 is 5.32 Å². The highest BCUT2D eigenvalue weighted by Crippen LogP contribution is 2.23. The van der Waals surface area contributed by atoms with Crippen molar-refractivity contribution in [1.29, 1.82) is 0 Å². The van der Waals surface area contributed by atoms with E-state index in [-0.39, 0.29) is 30.8 Å². The number of rotatable bonds is 5. The Kier molecular flexibility index (Phi) is 6.94. The Hall–Kier alpha value is -0.810. The third-order valence-corrected chi connectivity index (χ3v) is 3.86. The summed E-state index contributed by atoms with van der Waals surface area (Å²) in [7, 11) is 0. The van der Waals surface area contributed by atoms with E-state index in [0.29, 0.717) is 0 Å². The minimum Gasteiger partial charge on any atom is -0.444 e. The van der Waals surface area contributed by atoms with Crippen molar-refractivity contribution in [2.24, 2.45) is 0 Å². The Morgan fingerprint density at radius 3 is 2.62 bits per heavy atom. The Morgan fingerprint density at radius 1 is 1.38 bits per heavy atom. The third kappa shape index (κ3) is 6.22. The van der Waals surface area contributed by atoms with Gasteiger partial charge in [0.25, 0.3) is 0 Å². The number of aliphatic hydroxyl groups excluding tert-OH is 1. The van der Waals surface area contributed by atoms with Gasteiger partial charge in [-0.15, -0.1) is 0 Å². The molecule has 5 heteroatoms. The van der Waals surface area contributed by atoms with Crippen LogP contribution in [0.4, 0.5) is 4.79 Å². The molecule has 124 valence electrons. The zero-order valence-corrected chi connectivity index (χ0v) is 14.2. The van der Waals surface area contributed by atoms with Crippen molar-refractivity contribution in [2.75, 3.05) is 13.2 Å². The molecular formula is C16H32N2O3. The largest absolute Gasteiger partial charge is 0.444 e. The molecule has 0 aromatic heterocycles. The summed E-state index contributed by atoms with van der Waals surface area (Å²) in [6.45, 7) is 10.8. The lowest BCUT2D eigenvalue weighted by atomic mass is 9.96. The molecule has 1 saturated heterocycles. The number of nitrogens with zero attached hydrogens (tertiary/aromatic N) is 1. The summed E-state index contributed by atoms with van der Waals surface area (Å²) in [5.74, 6) is 0. The van der Waals surface area contributed by atoms with Gasteiger partial charge in [0.2, 0.25) is 0 Å². The molecule has 0 saturated carbocycles. The SMILES string of the molecule is CC(CCO)NC(C)C1CCCCN1C(=O)OC(C)(C)C. The van der Waals surface area contributed by atoms with Gasteiger partial charge in [-0.25, -0.2) is 4.79 Å². The van der Waals surface area contributed by atoms with E-state index < -0.39 is 5.60 Å². The van der Waals surface area contributed by atoms with Crippen LogP contribution in [-0.2, 0) is 4.74 Å². The number of piperidine rings is 1. The van der Waals surface area contributed by atoms with Crippen LogP contribution in [0.1, 0.15) is 60.3 Å². The van der Waals surface area contributed by atoms with Gasteiger partial charge in [0.15, 0.2) is 0 Å². The van der Waals surface area contributed by atoms with Gasteiger partial charge >= 0.3 is 6.09 Å². The normalized spacial score (nSPS) is 22.8. The van der Waals surface area contributed by atoms with Crippen LogP contribution in [0.15, 0.2) is 0 Å². The summed E-state index contributed by atoms with van der Waals surface area (Å²) < 4.78 is 5.53. The zero-order valence-electron chi connectivity index (χ0n) is 14.2. The average Bonchev–Trinajstić information content (AvgIpc) is 2.36. The summed E-state index contributed by atoms with van der Waals surface area (Å²) in [6, 6.07) is 0.599. The number of hydrogen-bond donors (Lipinski definition) is 2. The fraction of sp³-hybridized carbons (Fsp3) is 0.938. The molecule has 1 aliphatic rings. The Bertz CT molecular complexity index is 328. The molecule has 0 aromatic carbocycles. The molecule has 21 heavy (non-hydrogen) atoms. The van der Waals surface area contributed by atoms with E-state index in [2.05, 4.69) is 19.2 Å². The van der Waals surface area contributed by atoms with Crippen LogP contribution in [0.5, 0.6) is 0 Å². The molecule has 3 atom stereocenters. The van der Waals surface area contributed by atoms with Crippen molar-refractivity contribution >= 4 is 6.09 Å². The molecule has 0 aliphatic carbocycles. The maximum Gasteiger partial charge on any atom is 0.410 e. The highest BCUT2D eigenvalue weighted by Gasteiger charge is 2.33. The van der Waals surface area contributed by atoms with E-state index in [4.69, 9.17) is 9.84 Å². The Morgan fingerprint density at radius 2 is 2.05 bits per heavy atom. The first-order valence-electron chi connectivity index (χ1n) is 8.11. The summed E-state index contributed by atoms with van der Waals surface area (Å²) in [4.78, 5) is 14.2. The molecule has 5 nitrogen and oxygen atoms in total. The predicted molar refractivity (Wildman–Crippen MR) is 84.3 cm³/mol. The van der Waals surface area contributed by atoms with Crippen LogP contribution in [0.25, 0.3) is 0 Å². The van der Waals surface area contributed by atoms with Crippen LogP contribution in [0.3, 0.4) is 0 Å². The summed E-state index contributed by atoms with van der Waals surface area (Å²) in [5.41, 5.74) is -0.458. The van der Waals surface area contributed by atoms with Crippen LogP contribution in [0, 0.1) is 0 Å². The lowest BCUT2D eigenvalue weighted by molar-refractivity contribution is 0.00496. The van der Waals surface area contributed by atoms with Gasteiger partial charge in [0.05, 0.1) is 6.04 Å². The van der Waals surface area contributed by atoms with Crippen LogP contribution in [-0.4, -0.2) is 53.0 Å². The Balaban J connectivity index is 2.65. The molecular weight excluding hydrogens is 268 g/mol. The predicted octanol–water partition coefficient (Wildman–Crippen LogP) is 2.53. The van der Waals surface area contributed by atoms with E-state index >= 15 is 0 Å². The minimum atomic E-state index is -0.458. The first-order chi connectivity index (χ1) is 9.74. The minimum absolute atomic E-state index is 0.162. The summed E-state index contributed by atoms with van der Waals surface area (Å²) in [5, 5.41) is 12.5. The number of aliphatic hydroxyl groups is 1. The first kappa shape index (κ1) is 18.2. The summed E-state index contributed by atoms with van der Waals surface area (Å²) in [6.07, 6.45) is 3.69. The maximum atomic E-state index is 12.4. The van der Waals surface area contributed by atoms with E-state index in [9.17, 15) is 4.79 Å². The second-order valence-electron chi connectivity index (χ2n) is 7.11. The highest BCUT2D eigenvalue weighted by atomic mass is 16.6. The molecule has 0 aromatic rings. The van der Waals surface area contributed by atoms with Gasteiger partial charge in [-0.1, -0.05) is 0 Å². The van der Waals surface area contributed by atoms with Gasteiger partial charge in [-0.3, -0.25) is 0 Å². The molecule has 0 radical (unpaired) electrons. The van der Waals surface area contributed by atoms with Crippen molar-refractivity contribution in [3.63, 3.8) is 0 Å². The number of ether oxygens (including phenoxy) is 1. The maximum absolute atomic E-state index is 12.4. The molecule has 1 rings (SSSR count). The first-order valence-corrected chi connectivity index (χ1v) is 8.11. The van der Waals surface area contributed by atoms with E-state index in [1.807, 2.05) is 25.7 Å². The van der Waals surface area contributed by atoms with Crippen LogP contribution in [0.2, 0.25) is 0 Å². The molecule has 0 spiro atoms. The fourth-order valence-corrected chi connectivity index (χ4v) is 2.86. The van der Waals surface area contributed by atoms with E-state index in [1.165, 1.54) is 0 Å². The number of likely N-dealkylation sites (tertiary alicyclic amines) is 1. The van der Waals surface area contributed by atoms with E-state index in [1.54, 1.807) is 0 Å².